The summed E-state index contributed by atoms with van der Waals surface area (Å²) in [7, 11) is -3.68. The van der Waals surface area contributed by atoms with Gasteiger partial charge in [0, 0.05) is 30.0 Å². The van der Waals surface area contributed by atoms with E-state index in [-0.39, 0.29) is 10.8 Å². The molecule has 0 saturated carbocycles. The maximum atomic E-state index is 13.0. The van der Waals surface area contributed by atoms with Gasteiger partial charge in [0.25, 0.3) is 5.91 Å². The smallest absolute Gasteiger partial charge is 0.253 e. The Balaban J connectivity index is 1.75. The number of benzene rings is 2. The fraction of sp³-hybridized carbons (Fsp3) is 0.250. The molecule has 9 heteroatoms. The van der Waals surface area contributed by atoms with Gasteiger partial charge in [-0.15, -0.1) is 0 Å². The molecule has 1 aromatic heterocycles. The van der Waals surface area contributed by atoms with Gasteiger partial charge in [0.2, 0.25) is 15.9 Å². The van der Waals surface area contributed by atoms with Crippen molar-refractivity contribution in [2.45, 2.75) is 43.7 Å². The molecule has 2 amide bonds. The Labute approximate surface area is 193 Å². The first kappa shape index (κ1) is 24.2. The van der Waals surface area contributed by atoms with Crippen LogP contribution in [0.3, 0.4) is 0 Å². The molecule has 33 heavy (non-hydrogen) atoms. The molecule has 174 valence electrons. The van der Waals surface area contributed by atoms with Gasteiger partial charge in [-0.3, -0.25) is 9.59 Å². The highest BCUT2D eigenvalue weighted by Gasteiger charge is 2.24. The van der Waals surface area contributed by atoms with Crippen LogP contribution in [0, 0.1) is 0 Å². The van der Waals surface area contributed by atoms with Crippen LogP contribution in [0.15, 0.2) is 78.0 Å². The predicted octanol–water partition coefficient (Wildman–Crippen LogP) is 3.07. The van der Waals surface area contributed by atoms with E-state index in [4.69, 9.17) is 0 Å². The van der Waals surface area contributed by atoms with Gasteiger partial charge in [-0.2, -0.15) is 0 Å². The molecule has 0 aliphatic heterocycles. The average Bonchev–Trinajstić information content (AvgIpc) is 3.28. The molecule has 4 N–H and O–H groups in total. The molecule has 2 aromatic carbocycles. The second-order valence-corrected chi connectivity index (χ2v) is 10.4. The summed E-state index contributed by atoms with van der Waals surface area (Å²) in [6.07, 6.45) is 3.48. The Bertz CT molecular complexity index is 1180. The Kier molecular flexibility index (Phi) is 7.35. The second kappa shape index (κ2) is 10.0. The lowest BCUT2D eigenvalue weighted by Gasteiger charge is -2.21. The van der Waals surface area contributed by atoms with E-state index in [1.807, 2.05) is 30.3 Å². The van der Waals surface area contributed by atoms with Crippen molar-refractivity contribution in [3.8, 4) is 0 Å². The normalized spacial score (nSPS) is 12.7. The van der Waals surface area contributed by atoms with Gasteiger partial charge in [0.1, 0.15) is 6.04 Å². The molecule has 8 nitrogen and oxygen atoms in total. The summed E-state index contributed by atoms with van der Waals surface area (Å²) in [6.45, 7) is 5.27. The molecular weight excluding hydrogens is 440 g/mol. The van der Waals surface area contributed by atoms with Crippen LogP contribution < -0.4 is 15.4 Å². The van der Waals surface area contributed by atoms with E-state index in [1.54, 1.807) is 39.2 Å². The molecule has 1 heterocycles. The predicted molar refractivity (Wildman–Crippen MR) is 127 cm³/mol. The van der Waals surface area contributed by atoms with Gasteiger partial charge >= 0.3 is 0 Å². The molecule has 3 aromatic rings. The Hall–Kier alpha value is -3.43. The van der Waals surface area contributed by atoms with Crippen molar-refractivity contribution in [2.24, 2.45) is 0 Å². The number of carbonyl (C=O) groups excluding carboxylic acids is 2. The lowest BCUT2D eigenvalue weighted by Crippen LogP contribution is -2.45. The lowest BCUT2D eigenvalue weighted by atomic mass is 10.0. The minimum absolute atomic E-state index is 0.0945. The fourth-order valence-electron chi connectivity index (χ4n) is 3.17. The summed E-state index contributed by atoms with van der Waals surface area (Å²) in [6, 6.07) is 16.0. The first-order valence-electron chi connectivity index (χ1n) is 10.5. The molecule has 1 atom stereocenters. The zero-order chi connectivity index (χ0) is 24.1. The summed E-state index contributed by atoms with van der Waals surface area (Å²) in [5, 5.41) is 5.54. The lowest BCUT2D eigenvalue weighted by molar-refractivity contribution is -0.118. The number of H-pyrrole nitrogens is 1. The number of carbonyl (C=O) groups is 2. The van der Waals surface area contributed by atoms with E-state index in [0.717, 1.165) is 5.56 Å². The van der Waals surface area contributed by atoms with Crippen LogP contribution in [0.5, 0.6) is 0 Å². The van der Waals surface area contributed by atoms with Crippen molar-refractivity contribution >= 4 is 27.5 Å². The second-order valence-electron chi connectivity index (χ2n) is 8.68. The van der Waals surface area contributed by atoms with E-state index in [0.29, 0.717) is 17.7 Å². The molecule has 3 rings (SSSR count). The van der Waals surface area contributed by atoms with Gasteiger partial charge in [-0.05, 0) is 56.7 Å². The van der Waals surface area contributed by atoms with Crippen molar-refractivity contribution in [1.82, 2.24) is 15.0 Å². The third kappa shape index (κ3) is 7.03. The van der Waals surface area contributed by atoms with Crippen molar-refractivity contribution in [3.05, 3.63) is 84.2 Å². The summed E-state index contributed by atoms with van der Waals surface area (Å²) < 4.78 is 27.5. The minimum atomic E-state index is -3.68. The number of rotatable bonds is 8. The van der Waals surface area contributed by atoms with E-state index in [9.17, 15) is 18.0 Å². The SMILES string of the molecule is CC(C)(C)NS(=O)(=O)c1ccc(NC(=O)[C@H](Cc2ccccc2)NC(=O)c2cc[nH]c2)cc1. The molecule has 0 aliphatic carbocycles. The standard InChI is InChI=1S/C24H28N4O4S/c1-24(2,3)28-33(31,32)20-11-9-19(10-12-20)26-23(30)21(15-17-7-5-4-6-8-17)27-22(29)18-13-14-25-16-18/h4-14,16,21,25,28H,15H2,1-3H3,(H,26,30)(H,27,29)/t21-/m0/s1. The van der Waals surface area contributed by atoms with Crippen molar-refractivity contribution in [2.75, 3.05) is 5.32 Å². The monoisotopic (exact) mass is 468 g/mol. The molecule has 0 aliphatic rings. The van der Waals surface area contributed by atoms with Crippen LogP contribution in [0.1, 0.15) is 36.7 Å². The summed E-state index contributed by atoms with van der Waals surface area (Å²) in [5.74, 6) is -0.784. The zero-order valence-electron chi connectivity index (χ0n) is 18.8. The van der Waals surface area contributed by atoms with Crippen LogP contribution in [-0.2, 0) is 21.2 Å². The number of hydrogen-bond acceptors (Lipinski definition) is 4. The molecule has 0 bridgehead atoms. The van der Waals surface area contributed by atoms with Crippen LogP contribution in [0.2, 0.25) is 0 Å². The van der Waals surface area contributed by atoms with Gasteiger partial charge in [0.05, 0.1) is 10.5 Å². The summed E-state index contributed by atoms with van der Waals surface area (Å²) >= 11 is 0. The van der Waals surface area contributed by atoms with Gasteiger partial charge in [-0.25, -0.2) is 13.1 Å². The average molecular weight is 469 g/mol. The first-order chi connectivity index (χ1) is 15.5. The summed E-state index contributed by atoms with van der Waals surface area (Å²) in [4.78, 5) is 28.5. The Morgan fingerprint density at radius 1 is 0.970 bits per heavy atom. The quantitative estimate of drug-likeness (QED) is 0.406. The minimum Gasteiger partial charge on any atom is -0.367 e. The highest BCUT2D eigenvalue weighted by atomic mass is 32.2. The molecule has 0 unspecified atom stereocenters. The van der Waals surface area contributed by atoms with Gasteiger partial charge < -0.3 is 15.6 Å². The highest BCUT2D eigenvalue weighted by molar-refractivity contribution is 7.89. The van der Waals surface area contributed by atoms with E-state index in [1.165, 1.54) is 24.3 Å². The number of sulfonamides is 1. The summed E-state index contributed by atoms with van der Waals surface area (Å²) in [5.41, 5.74) is 1.11. The third-order valence-electron chi connectivity index (χ3n) is 4.64. The fourth-order valence-corrected chi connectivity index (χ4v) is 4.59. The number of aromatic nitrogens is 1. The van der Waals surface area contributed by atoms with Gasteiger partial charge in [-0.1, -0.05) is 30.3 Å². The van der Waals surface area contributed by atoms with Crippen LogP contribution >= 0.6 is 0 Å². The van der Waals surface area contributed by atoms with Crippen LogP contribution in [-0.4, -0.2) is 36.8 Å². The molecular formula is C24H28N4O4S. The van der Waals surface area contributed by atoms with Crippen molar-refractivity contribution in [3.63, 3.8) is 0 Å². The highest BCUT2D eigenvalue weighted by Crippen LogP contribution is 2.17. The number of aromatic amines is 1. The first-order valence-corrected chi connectivity index (χ1v) is 11.9. The third-order valence-corrected chi connectivity index (χ3v) is 6.41. The maximum Gasteiger partial charge on any atom is 0.253 e. The van der Waals surface area contributed by atoms with Crippen LogP contribution in [0.4, 0.5) is 5.69 Å². The largest absolute Gasteiger partial charge is 0.367 e. The van der Waals surface area contributed by atoms with Crippen LogP contribution in [0.25, 0.3) is 0 Å². The van der Waals surface area contributed by atoms with E-state index >= 15 is 0 Å². The Morgan fingerprint density at radius 2 is 1.64 bits per heavy atom. The van der Waals surface area contributed by atoms with E-state index < -0.39 is 27.5 Å². The topological polar surface area (TPSA) is 120 Å². The number of nitrogens with one attached hydrogen (secondary N) is 4. The molecule has 0 radical (unpaired) electrons. The van der Waals surface area contributed by atoms with Crippen molar-refractivity contribution in [1.29, 1.82) is 0 Å². The molecule has 0 saturated heterocycles. The molecule has 0 fully saturated rings. The molecule has 0 spiro atoms. The van der Waals surface area contributed by atoms with Crippen molar-refractivity contribution < 1.29 is 18.0 Å². The maximum absolute atomic E-state index is 13.0. The van der Waals surface area contributed by atoms with Gasteiger partial charge in [0.15, 0.2) is 0 Å². The number of hydrogen-bond donors (Lipinski definition) is 4. The Morgan fingerprint density at radius 3 is 2.21 bits per heavy atom. The zero-order valence-corrected chi connectivity index (χ0v) is 19.6. The van der Waals surface area contributed by atoms with E-state index in [2.05, 4.69) is 20.3 Å². The number of anilines is 1. The number of amides is 2.